The van der Waals surface area contributed by atoms with E-state index in [1.165, 1.54) is 72.7 Å². The molecule has 2 heterocycles. The van der Waals surface area contributed by atoms with E-state index < -0.39 is 0 Å². The summed E-state index contributed by atoms with van der Waals surface area (Å²) in [5.41, 5.74) is 0. The topological polar surface area (TPSA) is 3.01 Å². The fraction of sp³-hybridized carbons (Fsp3) is 0.786. The van der Waals surface area contributed by atoms with Gasteiger partial charge in [0.05, 0.1) is 4.21 Å². The van der Waals surface area contributed by atoms with Gasteiger partial charge in [-0.2, -0.15) is 0 Å². The molecule has 1 saturated heterocycles. The predicted octanol–water partition coefficient (Wildman–Crippen LogP) is 4.44. The average molecular weight is 303 g/mol. The first-order chi connectivity index (χ1) is 8.90. The van der Waals surface area contributed by atoms with Crippen LogP contribution in [-0.2, 0) is 0 Å². The Hall–Kier alpha value is 0.200. The zero-order chi connectivity index (χ0) is 12.6. The van der Waals surface area contributed by atoms with Gasteiger partial charge in [0, 0.05) is 18.9 Å². The smallest absolute Gasteiger partial charge is 0.220 e. The van der Waals surface area contributed by atoms with E-state index in [4.69, 9.17) is 0 Å². The van der Waals surface area contributed by atoms with Crippen molar-refractivity contribution in [2.45, 2.75) is 56.1 Å². The minimum absolute atomic E-state index is 1.27. The van der Waals surface area contributed by atoms with Crippen LogP contribution in [0, 0.1) is 0 Å². The standard InChI is InChI=1S/C14H24NS3/c1-2-3-4-5-8-11-16-14-12-13(17-18-14)15-9-6-7-10-15/h12H,2-11H2,1H3/q+1. The molecule has 1 aliphatic heterocycles. The summed E-state index contributed by atoms with van der Waals surface area (Å²) in [5.74, 6) is 1.30. The molecule has 1 aromatic rings. The Bertz CT molecular complexity index is 397. The van der Waals surface area contributed by atoms with Gasteiger partial charge in [-0.1, -0.05) is 42.9 Å². The van der Waals surface area contributed by atoms with Crippen LogP contribution in [0.5, 0.6) is 0 Å². The average Bonchev–Trinajstić information content (AvgIpc) is 3.03. The minimum Gasteiger partial charge on any atom is -0.220 e. The summed E-state index contributed by atoms with van der Waals surface area (Å²) in [6.45, 7) is 4.82. The van der Waals surface area contributed by atoms with Crippen LogP contribution in [0.3, 0.4) is 0 Å². The van der Waals surface area contributed by atoms with Gasteiger partial charge in [0.2, 0.25) is 0 Å². The van der Waals surface area contributed by atoms with E-state index in [9.17, 15) is 0 Å². The van der Waals surface area contributed by atoms with E-state index in [1.807, 2.05) is 20.7 Å². The summed E-state index contributed by atoms with van der Waals surface area (Å²) in [7, 11) is 3.93. The highest BCUT2D eigenvalue weighted by atomic mass is 32.9. The molecule has 18 heavy (non-hydrogen) atoms. The van der Waals surface area contributed by atoms with Crippen LogP contribution in [-0.4, -0.2) is 18.8 Å². The lowest BCUT2D eigenvalue weighted by molar-refractivity contribution is 0.659. The molecule has 1 aromatic heterocycles. The zero-order valence-electron chi connectivity index (χ0n) is 11.3. The summed E-state index contributed by atoms with van der Waals surface area (Å²) < 4.78 is 5.58. The second-order valence-corrected chi connectivity index (χ2v) is 8.51. The monoisotopic (exact) mass is 302 g/mol. The molecule has 0 amide bonds. The Balaban J connectivity index is 1.72. The first kappa shape index (κ1) is 14.6. The van der Waals surface area contributed by atoms with Gasteiger partial charge in [-0.05, 0) is 22.5 Å². The molecule has 0 radical (unpaired) electrons. The molecule has 0 atom stereocenters. The molecule has 102 valence electrons. The normalized spacial score (nSPS) is 15.5. The van der Waals surface area contributed by atoms with Crippen molar-refractivity contribution in [2.24, 2.45) is 0 Å². The van der Waals surface area contributed by atoms with Gasteiger partial charge in [-0.15, -0.1) is 11.8 Å². The fourth-order valence-electron chi connectivity index (χ4n) is 2.26. The van der Waals surface area contributed by atoms with Gasteiger partial charge in [0.15, 0.2) is 0 Å². The molecule has 0 bridgehead atoms. The Morgan fingerprint density at radius 1 is 1.11 bits per heavy atom. The van der Waals surface area contributed by atoms with Crippen molar-refractivity contribution in [3.63, 3.8) is 0 Å². The van der Waals surface area contributed by atoms with E-state index in [0.29, 0.717) is 0 Å². The van der Waals surface area contributed by atoms with Gasteiger partial charge >= 0.3 is 0 Å². The van der Waals surface area contributed by atoms with Gasteiger partial charge in [-0.3, -0.25) is 0 Å². The number of hydrogen-bond donors (Lipinski definition) is 0. The van der Waals surface area contributed by atoms with Gasteiger partial charge in [-0.25, -0.2) is 4.58 Å². The number of hydrogen-bond acceptors (Lipinski definition) is 3. The molecule has 0 aliphatic carbocycles. The fourth-order valence-corrected chi connectivity index (χ4v) is 6.22. The summed E-state index contributed by atoms with van der Waals surface area (Å²) in [6.07, 6.45) is 9.72. The Kier molecular flexibility index (Phi) is 6.81. The third-order valence-electron chi connectivity index (χ3n) is 3.36. The first-order valence-electron chi connectivity index (χ1n) is 7.21. The molecular weight excluding hydrogens is 278 g/mol. The maximum Gasteiger partial charge on any atom is 0.268 e. The molecule has 0 unspecified atom stereocenters. The molecular formula is C14H24NS3+. The van der Waals surface area contributed by atoms with Crippen molar-refractivity contribution in [2.75, 3.05) is 18.8 Å². The molecule has 0 aromatic carbocycles. The van der Waals surface area contributed by atoms with Crippen LogP contribution < -0.4 is 9.25 Å². The maximum atomic E-state index is 2.55. The molecule has 2 rings (SSSR count). The van der Waals surface area contributed by atoms with Gasteiger partial charge < -0.3 is 0 Å². The van der Waals surface area contributed by atoms with Crippen LogP contribution >= 0.6 is 32.4 Å². The Morgan fingerprint density at radius 3 is 2.67 bits per heavy atom. The lowest BCUT2D eigenvalue weighted by Crippen LogP contribution is -2.23. The Labute approximate surface area is 122 Å². The maximum absolute atomic E-state index is 2.55. The molecule has 0 N–H and O–H groups in total. The number of unbranched alkanes of at least 4 members (excludes halogenated alkanes) is 4. The largest absolute Gasteiger partial charge is 0.268 e. The Morgan fingerprint density at radius 2 is 1.89 bits per heavy atom. The predicted molar refractivity (Wildman–Crippen MR) is 85.9 cm³/mol. The highest BCUT2D eigenvalue weighted by Crippen LogP contribution is 2.25. The zero-order valence-corrected chi connectivity index (χ0v) is 13.8. The summed E-state index contributed by atoms with van der Waals surface area (Å²) in [6, 6.07) is 2.41. The van der Waals surface area contributed by atoms with E-state index in [2.05, 4.69) is 29.3 Å². The second kappa shape index (κ2) is 8.39. The molecule has 1 nitrogen and oxygen atoms in total. The number of rotatable bonds is 7. The van der Waals surface area contributed by atoms with Crippen LogP contribution in [0.2, 0.25) is 0 Å². The van der Waals surface area contributed by atoms with E-state index >= 15 is 0 Å². The van der Waals surface area contributed by atoms with E-state index in [0.717, 1.165) is 0 Å². The lowest BCUT2D eigenvalue weighted by atomic mass is 10.2. The van der Waals surface area contributed by atoms with E-state index in [-0.39, 0.29) is 0 Å². The van der Waals surface area contributed by atoms with Crippen molar-refractivity contribution >= 4 is 32.4 Å². The van der Waals surface area contributed by atoms with Crippen LogP contribution in [0.1, 0.15) is 51.9 Å². The summed E-state index contributed by atoms with van der Waals surface area (Å²) >= 11 is 2.06. The summed E-state index contributed by atoms with van der Waals surface area (Å²) in [5, 5.41) is 0. The van der Waals surface area contributed by atoms with Crippen molar-refractivity contribution in [1.29, 1.82) is 0 Å². The summed E-state index contributed by atoms with van der Waals surface area (Å²) in [4.78, 5) is 0. The highest BCUT2D eigenvalue weighted by molar-refractivity contribution is 8.02. The van der Waals surface area contributed by atoms with Crippen molar-refractivity contribution < 1.29 is 0 Å². The van der Waals surface area contributed by atoms with Crippen molar-refractivity contribution in [3.8, 4) is 0 Å². The van der Waals surface area contributed by atoms with Gasteiger partial charge in [0.25, 0.3) is 4.67 Å². The molecule has 1 aliphatic rings. The molecule has 4 heteroatoms. The number of thioether (sulfide) groups is 1. The van der Waals surface area contributed by atoms with Crippen LogP contribution in [0.4, 0.5) is 0 Å². The molecule has 0 spiro atoms. The van der Waals surface area contributed by atoms with E-state index in [1.54, 1.807) is 0 Å². The second-order valence-electron chi connectivity index (χ2n) is 4.93. The highest BCUT2D eigenvalue weighted by Gasteiger charge is 2.14. The minimum atomic E-state index is 1.27. The van der Waals surface area contributed by atoms with Gasteiger partial charge in [0.1, 0.15) is 13.1 Å². The van der Waals surface area contributed by atoms with Crippen molar-refractivity contribution in [1.82, 2.24) is 4.58 Å². The lowest BCUT2D eigenvalue weighted by Gasteiger charge is -1.98. The van der Waals surface area contributed by atoms with Crippen LogP contribution in [0.25, 0.3) is 0 Å². The number of nitrogens with zero attached hydrogens (tertiary/aromatic N) is 1. The molecule has 1 fully saturated rings. The third kappa shape index (κ3) is 4.71. The molecule has 0 saturated carbocycles. The third-order valence-corrected chi connectivity index (χ3v) is 7.39. The quantitative estimate of drug-likeness (QED) is 0.311. The van der Waals surface area contributed by atoms with Crippen LogP contribution in [0.15, 0.2) is 10.3 Å². The van der Waals surface area contributed by atoms with Crippen molar-refractivity contribution in [3.05, 3.63) is 10.7 Å². The first-order valence-corrected chi connectivity index (χ1v) is 10.3. The SMILES string of the molecule is CCCCCCCSc1cc(=[N+]2CCCC2)ss1.